The van der Waals surface area contributed by atoms with E-state index in [1.54, 1.807) is 14.2 Å². The molecule has 0 atom stereocenters. The minimum Gasteiger partial charge on any atom is -0.497 e. The average molecular weight is 540 g/mol. The normalized spacial score (nSPS) is 13.2. The summed E-state index contributed by atoms with van der Waals surface area (Å²) in [7, 11) is 4.56. The van der Waals surface area contributed by atoms with Gasteiger partial charge in [-0.2, -0.15) is 0 Å². The number of benzene rings is 3. The number of methoxy groups -OCH3 is 3. The van der Waals surface area contributed by atoms with E-state index in [0.29, 0.717) is 28.0 Å². The summed E-state index contributed by atoms with van der Waals surface area (Å²) in [5, 5.41) is 3.77. The van der Waals surface area contributed by atoms with Gasteiger partial charge in [-0.15, -0.1) is 0 Å². The number of hydrogen-bond donors (Lipinski definition) is 1. The molecule has 1 N–H and O–H groups in total. The Labute approximate surface area is 233 Å². The fraction of sp³-hybridized carbons (Fsp3) is 0.281. The monoisotopic (exact) mass is 539 g/mol. The summed E-state index contributed by atoms with van der Waals surface area (Å²) in [5.41, 5.74) is 3.75. The predicted molar refractivity (Wildman–Crippen MR) is 154 cm³/mol. The lowest BCUT2D eigenvalue weighted by molar-refractivity contribution is 0.0603. The molecule has 0 aliphatic carbocycles. The van der Waals surface area contributed by atoms with Gasteiger partial charge in [0.05, 0.1) is 38.5 Å². The molecule has 1 aliphatic heterocycles. The first-order chi connectivity index (χ1) is 19.5. The van der Waals surface area contributed by atoms with Crippen molar-refractivity contribution >= 4 is 28.5 Å². The van der Waals surface area contributed by atoms with Crippen LogP contribution >= 0.6 is 0 Å². The largest absolute Gasteiger partial charge is 0.497 e. The first-order valence-corrected chi connectivity index (χ1v) is 13.4. The van der Waals surface area contributed by atoms with Gasteiger partial charge in [0, 0.05) is 24.2 Å². The molecule has 1 aliphatic rings. The summed E-state index contributed by atoms with van der Waals surface area (Å²) in [5.74, 6) is 0.501. The number of nitrogens with zero attached hydrogens (tertiary/aromatic N) is 2. The van der Waals surface area contributed by atoms with Crippen LogP contribution in [0.5, 0.6) is 11.5 Å². The molecule has 1 aromatic heterocycles. The van der Waals surface area contributed by atoms with Gasteiger partial charge < -0.3 is 24.4 Å². The highest BCUT2D eigenvalue weighted by molar-refractivity contribution is 6.07. The summed E-state index contributed by atoms with van der Waals surface area (Å²) in [6.45, 7) is 1.95. The standard InChI is InChI=1S/C32H33N3O5/c1-38-24-12-7-21(8-13-24)30(22-9-14-25(39-2)15-10-22)34-31(36)29-20-27(32(37)40-3)26-19-23(11-16-28(26)33-29)35-17-5-4-6-18-35/h7-16,19-20,30H,4-6,17-18H2,1-3H3,(H,34,36). The van der Waals surface area contributed by atoms with Crippen molar-refractivity contribution in [3.63, 3.8) is 0 Å². The Morgan fingerprint density at radius 2 is 1.40 bits per heavy atom. The third kappa shape index (κ3) is 5.71. The third-order valence-electron chi connectivity index (χ3n) is 7.33. The van der Waals surface area contributed by atoms with Crippen LogP contribution in [0.1, 0.15) is 57.3 Å². The molecule has 1 saturated heterocycles. The molecule has 0 bridgehead atoms. The number of fused-ring (bicyclic) bond motifs is 1. The predicted octanol–water partition coefficient (Wildman–Crippen LogP) is 5.55. The number of amides is 1. The smallest absolute Gasteiger partial charge is 0.338 e. The molecule has 3 aromatic carbocycles. The number of hydrogen-bond acceptors (Lipinski definition) is 7. The summed E-state index contributed by atoms with van der Waals surface area (Å²) in [6.07, 6.45) is 3.51. The molecule has 2 heterocycles. The van der Waals surface area contributed by atoms with Crippen LogP contribution in [0.3, 0.4) is 0 Å². The molecule has 1 amide bonds. The number of ether oxygens (including phenoxy) is 3. The van der Waals surface area contributed by atoms with E-state index in [1.165, 1.54) is 19.6 Å². The van der Waals surface area contributed by atoms with Crippen molar-refractivity contribution in [2.75, 3.05) is 39.3 Å². The van der Waals surface area contributed by atoms with Crippen LogP contribution in [-0.4, -0.2) is 51.3 Å². The van der Waals surface area contributed by atoms with E-state index < -0.39 is 17.9 Å². The lowest BCUT2D eigenvalue weighted by Gasteiger charge is -2.29. The van der Waals surface area contributed by atoms with Crippen LogP contribution in [0.4, 0.5) is 5.69 Å². The molecule has 0 spiro atoms. The second-order valence-corrected chi connectivity index (χ2v) is 9.75. The van der Waals surface area contributed by atoms with E-state index in [4.69, 9.17) is 14.2 Å². The number of carbonyl (C=O) groups is 2. The van der Waals surface area contributed by atoms with Crippen molar-refractivity contribution in [2.24, 2.45) is 0 Å². The van der Waals surface area contributed by atoms with Crippen LogP contribution < -0.4 is 19.7 Å². The maximum atomic E-state index is 13.7. The van der Waals surface area contributed by atoms with Gasteiger partial charge in [-0.1, -0.05) is 24.3 Å². The van der Waals surface area contributed by atoms with E-state index in [1.807, 2.05) is 66.7 Å². The van der Waals surface area contributed by atoms with Crippen molar-refractivity contribution < 1.29 is 23.8 Å². The van der Waals surface area contributed by atoms with Crippen molar-refractivity contribution in [2.45, 2.75) is 25.3 Å². The number of carbonyl (C=O) groups excluding carboxylic acids is 2. The topological polar surface area (TPSA) is 90.0 Å². The lowest BCUT2D eigenvalue weighted by Crippen LogP contribution is -2.30. The van der Waals surface area contributed by atoms with Crippen molar-refractivity contribution in [3.8, 4) is 11.5 Å². The number of nitrogens with one attached hydrogen (secondary N) is 1. The van der Waals surface area contributed by atoms with E-state index in [9.17, 15) is 9.59 Å². The molecule has 4 aromatic rings. The Kier molecular flexibility index (Phi) is 8.15. The van der Waals surface area contributed by atoms with Crippen LogP contribution in [0, 0.1) is 0 Å². The van der Waals surface area contributed by atoms with Gasteiger partial charge in [0.1, 0.15) is 17.2 Å². The van der Waals surface area contributed by atoms with E-state index >= 15 is 0 Å². The Balaban J connectivity index is 1.51. The van der Waals surface area contributed by atoms with Crippen LogP contribution in [0.25, 0.3) is 10.9 Å². The first kappa shape index (κ1) is 27.0. The van der Waals surface area contributed by atoms with Gasteiger partial charge in [0.2, 0.25) is 0 Å². The molecule has 1 fully saturated rings. The second-order valence-electron chi connectivity index (χ2n) is 9.75. The highest BCUT2D eigenvalue weighted by Crippen LogP contribution is 2.29. The highest BCUT2D eigenvalue weighted by Gasteiger charge is 2.23. The maximum Gasteiger partial charge on any atom is 0.338 e. The molecular formula is C32H33N3O5. The molecule has 5 rings (SSSR count). The molecule has 40 heavy (non-hydrogen) atoms. The zero-order valence-electron chi connectivity index (χ0n) is 23.0. The first-order valence-electron chi connectivity index (χ1n) is 13.4. The minimum atomic E-state index is -0.515. The number of rotatable bonds is 8. The Bertz CT molecular complexity index is 1450. The van der Waals surface area contributed by atoms with Crippen molar-refractivity contribution in [1.82, 2.24) is 10.3 Å². The molecule has 8 nitrogen and oxygen atoms in total. The van der Waals surface area contributed by atoms with Gasteiger partial charge >= 0.3 is 5.97 Å². The molecule has 206 valence electrons. The summed E-state index contributed by atoms with van der Waals surface area (Å²) in [6, 6.07) is 21.9. The number of piperidine rings is 1. The van der Waals surface area contributed by atoms with Crippen molar-refractivity contribution in [3.05, 3.63) is 95.2 Å². The van der Waals surface area contributed by atoms with Gasteiger partial charge in [-0.3, -0.25) is 4.79 Å². The molecule has 0 radical (unpaired) electrons. The molecular weight excluding hydrogens is 506 g/mol. The number of aromatic nitrogens is 1. The quantitative estimate of drug-likeness (QED) is 0.294. The molecule has 0 unspecified atom stereocenters. The molecule has 8 heteroatoms. The summed E-state index contributed by atoms with van der Waals surface area (Å²) < 4.78 is 15.7. The fourth-order valence-electron chi connectivity index (χ4n) is 5.11. The lowest BCUT2D eigenvalue weighted by atomic mass is 9.98. The van der Waals surface area contributed by atoms with E-state index in [0.717, 1.165) is 42.7 Å². The van der Waals surface area contributed by atoms with E-state index in [-0.39, 0.29) is 5.69 Å². The van der Waals surface area contributed by atoms with Crippen LogP contribution in [0.15, 0.2) is 72.8 Å². The van der Waals surface area contributed by atoms with Gasteiger partial charge in [-0.05, 0) is 78.9 Å². The number of anilines is 1. The third-order valence-corrected chi connectivity index (χ3v) is 7.33. The van der Waals surface area contributed by atoms with Crippen molar-refractivity contribution in [1.29, 1.82) is 0 Å². The Hall–Kier alpha value is -4.59. The van der Waals surface area contributed by atoms with Gasteiger partial charge in [0.15, 0.2) is 0 Å². The van der Waals surface area contributed by atoms with Crippen LogP contribution in [-0.2, 0) is 4.74 Å². The fourth-order valence-corrected chi connectivity index (χ4v) is 5.11. The summed E-state index contributed by atoms with van der Waals surface area (Å²) >= 11 is 0. The van der Waals surface area contributed by atoms with E-state index in [2.05, 4.69) is 15.2 Å². The van der Waals surface area contributed by atoms with Crippen LogP contribution in [0.2, 0.25) is 0 Å². The Morgan fingerprint density at radius 1 is 0.800 bits per heavy atom. The van der Waals surface area contributed by atoms with Gasteiger partial charge in [-0.25, -0.2) is 9.78 Å². The zero-order valence-corrected chi connectivity index (χ0v) is 23.0. The summed E-state index contributed by atoms with van der Waals surface area (Å²) in [4.78, 5) is 33.5. The maximum absolute atomic E-state index is 13.7. The number of pyridine rings is 1. The highest BCUT2D eigenvalue weighted by atomic mass is 16.5. The SMILES string of the molecule is COC(=O)c1cc(C(=O)NC(c2ccc(OC)cc2)c2ccc(OC)cc2)nc2ccc(N3CCCCC3)cc12. The second kappa shape index (κ2) is 12.1. The molecule has 0 saturated carbocycles. The average Bonchev–Trinajstić information content (AvgIpc) is 3.03. The minimum absolute atomic E-state index is 0.130. The zero-order chi connectivity index (χ0) is 28.1. The number of esters is 1. The Morgan fingerprint density at radius 3 is 1.95 bits per heavy atom. The van der Waals surface area contributed by atoms with Gasteiger partial charge in [0.25, 0.3) is 5.91 Å².